The Hall–Kier alpha value is -2.56. The summed E-state index contributed by atoms with van der Waals surface area (Å²) < 4.78 is 4.44. The highest BCUT2D eigenvalue weighted by molar-refractivity contribution is 7.09. The molecule has 2 aromatic rings. The maximum Gasteiger partial charge on any atom is 0.272 e. The van der Waals surface area contributed by atoms with Crippen molar-refractivity contribution in [2.45, 2.75) is 26.4 Å². The van der Waals surface area contributed by atoms with Gasteiger partial charge in [0.1, 0.15) is 6.10 Å². The van der Waals surface area contributed by atoms with Crippen LogP contribution in [0.1, 0.15) is 20.3 Å². The molecule has 0 radical (unpaired) electrons. The number of hydrogen-bond donors (Lipinski definition) is 3. The van der Waals surface area contributed by atoms with E-state index in [-0.39, 0.29) is 11.8 Å². The fourth-order valence-corrected chi connectivity index (χ4v) is 4.26. The normalized spacial score (nSPS) is 16.4. The minimum Gasteiger partial charge on any atom is -0.382 e. The van der Waals surface area contributed by atoms with Gasteiger partial charge in [0.15, 0.2) is 5.82 Å². The standard InChI is InChI=1S/C20H27N5O4S/c1-13(2)12-15(16(26)18(27)22-29)19(28)24-8-10-25(11-9-24)20-21-17(23-30-20)14-6-4-3-5-7-14/h3-7,13,15-16,26,29H,8-12H2,1-2H3,(H,22,27). The average Bonchev–Trinajstić information content (AvgIpc) is 3.27. The van der Waals surface area contributed by atoms with Gasteiger partial charge in [-0.15, -0.1) is 0 Å². The molecule has 3 N–H and O–H groups in total. The van der Waals surface area contributed by atoms with Gasteiger partial charge >= 0.3 is 0 Å². The smallest absolute Gasteiger partial charge is 0.272 e. The van der Waals surface area contributed by atoms with Crippen molar-refractivity contribution >= 4 is 28.5 Å². The number of benzene rings is 1. The van der Waals surface area contributed by atoms with E-state index in [1.54, 1.807) is 4.90 Å². The average molecular weight is 434 g/mol. The summed E-state index contributed by atoms with van der Waals surface area (Å²) in [4.78, 5) is 33.0. The number of piperazine rings is 1. The molecule has 10 heteroatoms. The number of hydrogen-bond acceptors (Lipinski definition) is 8. The van der Waals surface area contributed by atoms with E-state index in [0.717, 1.165) is 10.7 Å². The monoisotopic (exact) mass is 433 g/mol. The van der Waals surface area contributed by atoms with Crippen molar-refractivity contribution in [3.63, 3.8) is 0 Å². The van der Waals surface area contributed by atoms with Crippen molar-refractivity contribution in [1.82, 2.24) is 19.7 Å². The highest BCUT2D eigenvalue weighted by atomic mass is 32.1. The predicted octanol–water partition coefficient (Wildman–Crippen LogP) is 1.38. The summed E-state index contributed by atoms with van der Waals surface area (Å²) in [5.74, 6) is -1.34. The first-order chi connectivity index (χ1) is 14.4. The van der Waals surface area contributed by atoms with E-state index >= 15 is 0 Å². The molecule has 1 aliphatic rings. The van der Waals surface area contributed by atoms with Crippen molar-refractivity contribution in [1.29, 1.82) is 0 Å². The first kappa shape index (κ1) is 22.1. The summed E-state index contributed by atoms with van der Waals surface area (Å²) in [5, 5.41) is 19.8. The van der Waals surface area contributed by atoms with Gasteiger partial charge in [0, 0.05) is 43.3 Å². The number of carbonyl (C=O) groups excluding carboxylic acids is 2. The molecule has 2 amide bonds. The van der Waals surface area contributed by atoms with Crippen LogP contribution in [0.5, 0.6) is 0 Å². The molecular weight excluding hydrogens is 406 g/mol. The van der Waals surface area contributed by atoms with Gasteiger partial charge in [0.25, 0.3) is 5.91 Å². The molecule has 30 heavy (non-hydrogen) atoms. The van der Waals surface area contributed by atoms with E-state index in [4.69, 9.17) is 5.21 Å². The lowest BCUT2D eigenvalue weighted by molar-refractivity contribution is -0.151. The lowest BCUT2D eigenvalue weighted by Gasteiger charge is -2.37. The molecule has 1 fully saturated rings. The maximum absolute atomic E-state index is 13.0. The van der Waals surface area contributed by atoms with Crippen LogP contribution in [0.25, 0.3) is 11.4 Å². The third-order valence-electron chi connectivity index (χ3n) is 5.11. The highest BCUT2D eigenvalue weighted by Crippen LogP contribution is 2.26. The number of aromatic nitrogens is 2. The van der Waals surface area contributed by atoms with Crippen LogP contribution in [0.4, 0.5) is 5.13 Å². The Balaban J connectivity index is 1.63. The number of rotatable bonds is 7. The van der Waals surface area contributed by atoms with Crippen LogP contribution >= 0.6 is 11.5 Å². The van der Waals surface area contributed by atoms with Crippen LogP contribution in [-0.2, 0) is 9.59 Å². The lowest BCUT2D eigenvalue weighted by Crippen LogP contribution is -2.53. The molecule has 2 unspecified atom stereocenters. The van der Waals surface area contributed by atoms with E-state index in [0.29, 0.717) is 38.4 Å². The number of hydroxylamine groups is 1. The maximum atomic E-state index is 13.0. The van der Waals surface area contributed by atoms with E-state index in [1.165, 1.54) is 17.0 Å². The molecule has 1 aromatic carbocycles. The van der Waals surface area contributed by atoms with Gasteiger partial charge in [-0.1, -0.05) is 44.2 Å². The number of aliphatic hydroxyl groups excluding tert-OH is 1. The Morgan fingerprint density at radius 1 is 1.17 bits per heavy atom. The van der Waals surface area contributed by atoms with E-state index in [2.05, 4.69) is 14.3 Å². The Morgan fingerprint density at radius 2 is 1.83 bits per heavy atom. The Labute approximate surface area is 179 Å². The minimum atomic E-state index is -1.58. The molecular formula is C20H27N5O4S. The summed E-state index contributed by atoms with van der Waals surface area (Å²) >= 11 is 1.33. The summed E-state index contributed by atoms with van der Waals surface area (Å²) in [6, 6.07) is 9.76. The summed E-state index contributed by atoms with van der Waals surface area (Å²) in [6.45, 7) is 5.93. The summed E-state index contributed by atoms with van der Waals surface area (Å²) in [6.07, 6.45) is -1.23. The first-order valence-corrected chi connectivity index (χ1v) is 10.7. The van der Waals surface area contributed by atoms with Gasteiger partial charge in [-0.25, -0.2) is 5.48 Å². The zero-order valence-corrected chi connectivity index (χ0v) is 17.9. The van der Waals surface area contributed by atoms with Crippen LogP contribution < -0.4 is 10.4 Å². The second-order valence-corrected chi connectivity index (χ2v) is 8.47. The third kappa shape index (κ3) is 5.13. The van der Waals surface area contributed by atoms with Crippen LogP contribution in [0.3, 0.4) is 0 Å². The number of nitrogens with one attached hydrogen (secondary N) is 1. The fraction of sp³-hybridized carbons (Fsp3) is 0.500. The van der Waals surface area contributed by atoms with Crippen molar-refractivity contribution < 1.29 is 19.9 Å². The van der Waals surface area contributed by atoms with Gasteiger partial charge in [-0.05, 0) is 12.3 Å². The molecule has 1 aromatic heterocycles. The largest absolute Gasteiger partial charge is 0.382 e. The lowest BCUT2D eigenvalue weighted by atomic mass is 9.90. The summed E-state index contributed by atoms with van der Waals surface area (Å²) in [5.41, 5.74) is 2.40. The van der Waals surface area contributed by atoms with Crippen LogP contribution in [0.2, 0.25) is 0 Å². The fourth-order valence-electron chi connectivity index (χ4n) is 3.52. The minimum absolute atomic E-state index is 0.110. The van der Waals surface area contributed by atoms with E-state index in [1.807, 2.05) is 44.2 Å². The predicted molar refractivity (Wildman–Crippen MR) is 113 cm³/mol. The summed E-state index contributed by atoms with van der Waals surface area (Å²) in [7, 11) is 0. The number of amides is 2. The Morgan fingerprint density at radius 3 is 2.43 bits per heavy atom. The highest BCUT2D eigenvalue weighted by Gasteiger charge is 2.36. The molecule has 0 spiro atoms. The van der Waals surface area contributed by atoms with Crippen LogP contribution in [0, 0.1) is 11.8 Å². The topological polar surface area (TPSA) is 119 Å². The molecule has 0 bridgehead atoms. The van der Waals surface area contributed by atoms with Gasteiger partial charge in [0.05, 0.1) is 5.92 Å². The van der Waals surface area contributed by atoms with Gasteiger partial charge < -0.3 is 14.9 Å². The zero-order valence-electron chi connectivity index (χ0n) is 17.1. The molecule has 0 saturated carbocycles. The quantitative estimate of drug-likeness (QED) is 0.446. The second kappa shape index (κ2) is 9.96. The molecule has 1 saturated heterocycles. The van der Waals surface area contributed by atoms with Crippen LogP contribution in [0.15, 0.2) is 30.3 Å². The van der Waals surface area contributed by atoms with Crippen molar-refractivity contribution in [2.24, 2.45) is 11.8 Å². The molecule has 1 aliphatic heterocycles. The Bertz CT molecular complexity index is 852. The molecule has 2 atom stereocenters. The first-order valence-electron chi connectivity index (χ1n) is 9.95. The third-order valence-corrected chi connectivity index (χ3v) is 5.89. The van der Waals surface area contributed by atoms with E-state index in [9.17, 15) is 14.7 Å². The molecule has 9 nitrogen and oxygen atoms in total. The second-order valence-electron chi connectivity index (χ2n) is 7.74. The van der Waals surface area contributed by atoms with Crippen LogP contribution in [-0.4, -0.2) is 68.7 Å². The number of carbonyl (C=O) groups is 2. The number of aliphatic hydroxyl groups is 1. The van der Waals surface area contributed by atoms with E-state index < -0.39 is 17.9 Å². The van der Waals surface area contributed by atoms with Gasteiger partial charge in [-0.3, -0.25) is 14.8 Å². The van der Waals surface area contributed by atoms with Gasteiger partial charge in [0.2, 0.25) is 11.0 Å². The molecule has 0 aliphatic carbocycles. The van der Waals surface area contributed by atoms with Crippen molar-refractivity contribution in [3.05, 3.63) is 30.3 Å². The molecule has 3 rings (SSSR count). The SMILES string of the molecule is CC(C)CC(C(=O)N1CCN(c2nc(-c3ccccc3)ns2)CC1)C(O)C(=O)NO. The zero-order chi connectivity index (χ0) is 21.7. The van der Waals surface area contributed by atoms with Crippen molar-refractivity contribution in [2.75, 3.05) is 31.1 Å². The van der Waals surface area contributed by atoms with Crippen molar-refractivity contribution in [3.8, 4) is 11.4 Å². The van der Waals surface area contributed by atoms with Gasteiger partial charge in [-0.2, -0.15) is 9.36 Å². The number of nitrogens with zero attached hydrogens (tertiary/aromatic N) is 4. The molecule has 2 heterocycles. The number of anilines is 1. The molecule has 162 valence electrons. The Kier molecular flexibility index (Phi) is 7.35.